The maximum absolute atomic E-state index is 13.0. The van der Waals surface area contributed by atoms with E-state index in [-0.39, 0.29) is 17.0 Å². The van der Waals surface area contributed by atoms with Gasteiger partial charge in [0.15, 0.2) is 6.29 Å². The average molecular weight is 406 g/mol. The number of benzene rings is 3. The molecule has 0 aromatic heterocycles. The minimum absolute atomic E-state index is 0.0284. The van der Waals surface area contributed by atoms with Crippen molar-refractivity contribution in [3.63, 3.8) is 0 Å². The van der Waals surface area contributed by atoms with Crippen molar-refractivity contribution >= 4 is 23.6 Å². The Labute approximate surface area is 172 Å². The number of nitro groups is 1. The molecule has 0 saturated carbocycles. The molecule has 1 N–H and O–H groups in total. The van der Waals surface area contributed by atoms with Gasteiger partial charge in [0.05, 0.1) is 17.6 Å². The van der Waals surface area contributed by atoms with Crippen LogP contribution in [0.3, 0.4) is 0 Å². The molecule has 0 aliphatic carbocycles. The zero-order valence-corrected chi connectivity index (χ0v) is 16.0. The molecule has 3 rings (SSSR count). The smallest absolute Gasteiger partial charge is 0.270 e. The molecule has 152 valence electrons. The van der Waals surface area contributed by atoms with Crippen molar-refractivity contribution in [2.45, 2.75) is 6.10 Å². The van der Waals surface area contributed by atoms with Crippen LogP contribution in [-0.4, -0.2) is 24.2 Å². The van der Waals surface area contributed by atoms with Crippen molar-refractivity contribution in [1.82, 2.24) is 0 Å². The highest BCUT2D eigenvalue weighted by molar-refractivity contribution is 5.95. The summed E-state index contributed by atoms with van der Waals surface area (Å²) >= 11 is 0. The van der Waals surface area contributed by atoms with E-state index in [0.29, 0.717) is 23.3 Å². The normalized spacial score (nSPS) is 11.2. The fraction of sp³-hybridized carbons (Fsp3) is 0.0909. The standard InChI is InChI=1S/C22H18N2O6/c1-29-19-9-5-8-17(13-19)23-22(26)21(15-6-3-2-4-7-15)30-20-11-10-18(24(27)28)12-16(20)14-25/h2-14,21H,1H3,(H,23,26)/t21-/m0/s1. The third-order valence-corrected chi connectivity index (χ3v) is 4.25. The van der Waals surface area contributed by atoms with E-state index >= 15 is 0 Å². The van der Waals surface area contributed by atoms with Gasteiger partial charge in [0.25, 0.3) is 11.6 Å². The van der Waals surface area contributed by atoms with E-state index in [4.69, 9.17) is 9.47 Å². The van der Waals surface area contributed by atoms with Crippen molar-refractivity contribution in [2.24, 2.45) is 0 Å². The maximum atomic E-state index is 13.0. The minimum atomic E-state index is -1.10. The molecular weight excluding hydrogens is 388 g/mol. The van der Waals surface area contributed by atoms with Gasteiger partial charge >= 0.3 is 0 Å². The van der Waals surface area contributed by atoms with E-state index in [9.17, 15) is 19.7 Å². The predicted molar refractivity (Wildman–Crippen MR) is 110 cm³/mol. The lowest BCUT2D eigenvalue weighted by atomic mass is 10.1. The Hall–Kier alpha value is -4.20. The van der Waals surface area contributed by atoms with Crippen LogP contribution in [0.2, 0.25) is 0 Å². The van der Waals surface area contributed by atoms with Gasteiger partial charge in [-0.3, -0.25) is 19.7 Å². The van der Waals surface area contributed by atoms with Crippen molar-refractivity contribution in [1.29, 1.82) is 0 Å². The van der Waals surface area contributed by atoms with Crippen LogP contribution in [0, 0.1) is 10.1 Å². The summed E-state index contributed by atoms with van der Waals surface area (Å²) in [6.07, 6.45) is -0.651. The van der Waals surface area contributed by atoms with E-state index in [0.717, 1.165) is 6.07 Å². The predicted octanol–water partition coefficient (Wildman–Crippen LogP) is 4.17. The molecule has 1 atom stereocenters. The second kappa shape index (κ2) is 9.33. The number of nitrogens with zero attached hydrogens (tertiary/aromatic N) is 1. The third kappa shape index (κ3) is 4.79. The first-order valence-corrected chi connectivity index (χ1v) is 8.92. The van der Waals surface area contributed by atoms with E-state index in [1.165, 1.54) is 19.2 Å². The number of methoxy groups -OCH3 is 1. The molecule has 0 unspecified atom stereocenters. The van der Waals surface area contributed by atoms with Gasteiger partial charge in [0, 0.05) is 29.4 Å². The molecule has 3 aromatic rings. The lowest BCUT2D eigenvalue weighted by Gasteiger charge is -2.20. The van der Waals surface area contributed by atoms with Gasteiger partial charge in [-0.1, -0.05) is 36.4 Å². The molecule has 0 spiro atoms. The fourth-order valence-corrected chi connectivity index (χ4v) is 2.79. The fourth-order valence-electron chi connectivity index (χ4n) is 2.79. The number of ether oxygens (including phenoxy) is 2. The largest absolute Gasteiger partial charge is 0.497 e. The third-order valence-electron chi connectivity index (χ3n) is 4.25. The molecule has 0 radical (unpaired) electrons. The average Bonchev–Trinajstić information content (AvgIpc) is 2.77. The molecule has 0 heterocycles. The first-order chi connectivity index (χ1) is 14.5. The monoisotopic (exact) mass is 406 g/mol. The number of non-ortho nitro benzene ring substituents is 1. The number of anilines is 1. The summed E-state index contributed by atoms with van der Waals surface area (Å²) in [5.74, 6) is 0.151. The summed E-state index contributed by atoms with van der Waals surface area (Å²) in [4.78, 5) is 34.8. The number of rotatable bonds is 8. The first kappa shape index (κ1) is 20.5. The van der Waals surface area contributed by atoms with Crippen LogP contribution in [0.15, 0.2) is 72.8 Å². The van der Waals surface area contributed by atoms with Crippen LogP contribution in [0.1, 0.15) is 22.0 Å². The summed E-state index contributed by atoms with van der Waals surface area (Å²) in [6, 6.07) is 19.2. The quantitative estimate of drug-likeness (QED) is 0.342. The Morgan fingerprint density at radius 3 is 2.50 bits per heavy atom. The van der Waals surface area contributed by atoms with Gasteiger partial charge in [-0.2, -0.15) is 0 Å². The highest BCUT2D eigenvalue weighted by Crippen LogP contribution is 2.29. The van der Waals surface area contributed by atoms with E-state index in [1.54, 1.807) is 54.6 Å². The number of amides is 1. The molecule has 0 saturated heterocycles. The summed E-state index contributed by atoms with van der Waals surface area (Å²) in [5, 5.41) is 13.7. The molecule has 8 nitrogen and oxygen atoms in total. The SMILES string of the molecule is COc1cccc(NC(=O)[C@@H](Oc2ccc([N+](=O)[O-])cc2C=O)c2ccccc2)c1. The van der Waals surface area contributed by atoms with E-state index in [1.807, 2.05) is 0 Å². The molecule has 0 bridgehead atoms. The van der Waals surface area contributed by atoms with Crippen LogP contribution >= 0.6 is 0 Å². The number of hydrogen-bond donors (Lipinski definition) is 1. The Kier molecular flexibility index (Phi) is 6.39. The molecule has 0 fully saturated rings. The Morgan fingerprint density at radius 1 is 1.07 bits per heavy atom. The second-order valence-electron chi connectivity index (χ2n) is 6.23. The Morgan fingerprint density at radius 2 is 1.83 bits per heavy atom. The molecule has 3 aromatic carbocycles. The Bertz CT molecular complexity index is 1070. The number of aldehydes is 1. The van der Waals surface area contributed by atoms with Gasteiger partial charge < -0.3 is 14.8 Å². The van der Waals surface area contributed by atoms with Gasteiger partial charge in [-0.25, -0.2) is 0 Å². The van der Waals surface area contributed by atoms with Crippen LogP contribution in [0.25, 0.3) is 0 Å². The summed E-state index contributed by atoms with van der Waals surface area (Å²) in [5.41, 5.74) is 0.775. The zero-order valence-electron chi connectivity index (χ0n) is 16.0. The molecule has 8 heteroatoms. The number of carbonyl (C=O) groups excluding carboxylic acids is 2. The van der Waals surface area contributed by atoms with Gasteiger partial charge in [-0.05, 0) is 18.2 Å². The molecule has 30 heavy (non-hydrogen) atoms. The summed E-state index contributed by atoms with van der Waals surface area (Å²) in [7, 11) is 1.52. The highest BCUT2D eigenvalue weighted by Gasteiger charge is 2.25. The molecule has 1 amide bonds. The summed E-state index contributed by atoms with van der Waals surface area (Å²) in [6.45, 7) is 0. The lowest BCUT2D eigenvalue weighted by Crippen LogP contribution is -2.26. The number of hydrogen-bond acceptors (Lipinski definition) is 6. The molecule has 0 aliphatic heterocycles. The number of nitro benzene ring substituents is 1. The van der Waals surface area contributed by atoms with Crippen LogP contribution in [0.5, 0.6) is 11.5 Å². The topological polar surface area (TPSA) is 108 Å². The van der Waals surface area contributed by atoms with Crippen molar-refractivity contribution in [3.05, 3.63) is 94.0 Å². The zero-order chi connectivity index (χ0) is 21.5. The van der Waals surface area contributed by atoms with Crippen LogP contribution in [0.4, 0.5) is 11.4 Å². The second-order valence-corrected chi connectivity index (χ2v) is 6.23. The molecule has 0 aliphatic rings. The van der Waals surface area contributed by atoms with Gasteiger partial charge in [0.2, 0.25) is 6.10 Å². The number of nitrogens with one attached hydrogen (secondary N) is 1. The van der Waals surface area contributed by atoms with Crippen molar-refractivity contribution in [3.8, 4) is 11.5 Å². The first-order valence-electron chi connectivity index (χ1n) is 8.92. The van der Waals surface area contributed by atoms with E-state index in [2.05, 4.69) is 5.32 Å². The Balaban J connectivity index is 1.93. The lowest BCUT2D eigenvalue weighted by molar-refractivity contribution is -0.384. The minimum Gasteiger partial charge on any atom is -0.497 e. The summed E-state index contributed by atoms with van der Waals surface area (Å²) < 4.78 is 11.0. The molecular formula is C22H18N2O6. The van der Waals surface area contributed by atoms with Crippen molar-refractivity contribution in [2.75, 3.05) is 12.4 Å². The van der Waals surface area contributed by atoms with Crippen LogP contribution < -0.4 is 14.8 Å². The van der Waals surface area contributed by atoms with Crippen LogP contribution in [-0.2, 0) is 4.79 Å². The number of carbonyl (C=O) groups is 2. The van der Waals surface area contributed by atoms with Gasteiger partial charge in [-0.15, -0.1) is 0 Å². The maximum Gasteiger partial charge on any atom is 0.270 e. The van der Waals surface area contributed by atoms with Gasteiger partial charge in [0.1, 0.15) is 11.5 Å². The highest BCUT2D eigenvalue weighted by atomic mass is 16.6. The van der Waals surface area contributed by atoms with Crippen molar-refractivity contribution < 1.29 is 24.0 Å². The van der Waals surface area contributed by atoms with E-state index < -0.39 is 16.9 Å².